The maximum absolute atomic E-state index is 11.9. The van der Waals surface area contributed by atoms with Crippen molar-refractivity contribution in [3.63, 3.8) is 0 Å². The highest BCUT2D eigenvalue weighted by Crippen LogP contribution is 2.19. The van der Waals surface area contributed by atoms with Crippen molar-refractivity contribution < 1.29 is 4.79 Å². The zero-order valence-corrected chi connectivity index (χ0v) is 10.9. The van der Waals surface area contributed by atoms with Gasteiger partial charge in [0.15, 0.2) is 5.82 Å². The van der Waals surface area contributed by atoms with Crippen LogP contribution in [0, 0.1) is 6.92 Å². The maximum atomic E-state index is 11.9. The van der Waals surface area contributed by atoms with E-state index in [1.807, 2.05) is 31.2 Å². The van der Waals surface area contributed by atoms with E-state index < -0.39 is 0 Å². The van der Waals surface area contributed by atoms with Gasteiger partial charge in [-0.15, -0.1) is 5.10 Å². The van der Waals surface area contributed by atoms with Gasteiger partial charge in [0.25, 0.3) is 0 Å². The van der Waals surface area contributed by atoms with Gasteiger partial charge in [0.2, 0.25) is 5.91 Å². The Hall–Kier alpha value is -2.83. The first-order valence-corrected chi connectivity index (χ1v) is 6.15. The number of aryl methyl sites for hydroxylation is 1. The van der Waals surface area contributed by atoms with E-state index in [1.165, 1.54) is 11.0 Å². The normalized spacial score (nSPS) is 10.8. The van der Waals surface area contributed by atoms with E-state index in [0.29, 0.717) is 5.82 Å². The highest BCUT2D eigenvalue weighted by atomic mass is 16.2. The molecule has 20 heavy (non-hydrogen) atoms. The van der Waals surface area contributed by atoms with Crippen LogP contribution >= 0.6 is 0 Å². The van der Waals surface area contributed by atoms with Crippen LogP contribution in [0.4, 0.5) is 11.5 Å². The number of amides is 1. The third-order valence-electron chi connectivity index (χ3n) is 2.88. The van der Waals surface area contributed by atoms with Crippen LogP contribution in [-0.4, -0.2) is 25.9 Å². The molecule has 7 nitrogen and oxygen atoms in total. The van der Waals surface area contributed by atoms with Crippen molar-refractivity contribution in [3.8, 4) is 0 Å². The first kappa shape index (κ1) is 12.2. The lowest BCUT2D eigenvalue weighted by Gasteiger charge is -2.04. The van der Waals surface area contributed by atoms with E-state index in [2.05, 4.69) is 20.5 Å². The summed E-state index contributed by atoms with van der Waals surface area (Å²) in [6.07, 6.45) is 1.40. The molecule has 0 radical (unpaired) electrons. The predicted molar refractivity (Wildman–Crippen MR) is 76.1 cm³/mol. The molecule has 0 saturated heterocycles. The molecule has 2 heterocycles. The molecule has 0 bridgehead atoms. The smallest absolute Gasteiger partial charge is 0.247 e. The summed E-state index contributed by atoms with van der Waals surface area (Å²) in [4.78, 5) is 16.4. The summed E-state index contributed by atoms with van der Waals surface area (Å²) in [7, 11) is 0. The number of aromatic nitrogens is 4. The second kappa shape index (κ2) is 4.69. The summed E-state index contributed by atoms with van der Waals surface area (Å²) in [5, 5.41) is 11.6. The lowest BCUT2D eigenvalue weighted by molar-refractivity contribution is -0.117. The van der Waals surface area contributed by atoms with Crippen molar-refractivity contribution >= 4 is 28.3 Å². The van der Waals surface area contributed by atoms with Crippen molar-refractivity contribution in [3.05, 3.63) is 36.2 Å². The van der Waals surface area contributed by atoms with E-state index in [1.54, 1.807) is 0 Å². The fourth-order valence-electron chi connectivity index (χ4n) is 2.07. The van der Waals surface area contributed by atoms with Crippen molar-refractivity contribution in [2.24, 2.45) is 0 Å². The van der Waals surface area contributed by atoms with Crippen molar-refractivity contribution in [1.82, 2.24) is 20.0 Å². The quantitative estimate of drug-likeness (QED) is 0.667. The predicted octanol–water partition coefficient (Wildman–Crippen LogP) is 1.29. The number of carbonyl (C=O) groups excluding carboxylic acids is 1. The topological polar surface area (TPSA) is 102 Å². The Balaban J connectivity index is 1.73. The molecule has 102 valence electrons. The summed E-state index contributed by atoms with van der Waals surface area (Å²) >= 11 is 0. The summed E-state index contributed by atoms with van der Waals surface area (Å²) in [5.41, 5.74) is 8.31. The van der Waals surface area contributed by atoms with Gasteiger partial charge in [0.1, 0.15) is 6.54 Å². The summed E-state index contributed by atoms with van der Waals surface area (Å²) in [6.45, 7) is 2.02. The van der Waals surface area contributed by atoms with Gasteiger partial charge in [0.05, 0.1) is 6.20 Å². The standard InChI is InChI=1S/C13H14N6O/c1-8-4-9-5-10(2-3-11(9)16-8)17-13(20)7-19-15-6-12(14)18-19/h2-6,16H,7H2,1H3,(H2,14,18)(H,17,20). The molecule has 0 fully saturated rings. The fraction of sp³-hybridized carbons (Fsp3) is 0.154. The molecule has 0 saturated carbocycles. The van der Waals surface area contributed by atoms with Gasteiger partial charge in [-0.3, -0.25) is 4.79 Å². The number of rotatable bonds is 3. The molecule has 3 aromatic rings. The van der Waals surface area contributed by atoms with Crippen LogP contribution in [0.2, 0.25) is 0 Å². The van der Waals surface area contributed by atoms with E-state index in [9.17, 15) is 4.79 Å². The molecular weight excluding hydrogens is 256 g/mol. The van der Waals surface area contributed by atoms with Crippen molar-refractivity contribution in [2.75, 3.05) is 11.1 Å². The van der Waals surface area contributed by atoms with Crippen molar-refractivity contribution in [2.45, 2.75) is 13.5 Å². The second-order valence-corrected chi connectivity index (χ2v) is 4.60. The van der Waals surface area contributed by atoms with Gasteiger partial charge in [-0.05, 0) is 31.2 Å². The minimum atomic E-state index is -0.202. The van der Waals surface area contributed by atoms with Crippen LogP contribution in [-0.2, 0) is 11.3 Å². The molecule has 0 unspecified atom stereocenters. The molecule has 1 aromatic carbocycles. The number of nitrogen functional groups attached to an aromatic ring is 1. The maximum Gasteiger partial charge on any atom is 0.247 e. The number of benzene rings is 1. The highest BCUT2D eigenvalue weighted by Gasteiger charge is 2.07. The van der Waals surface area contributed by atoms with Crippen LogP contribution in [0.15, 0.2) is 30.5 Å². The van der Waals surface area contributed by atoms with Crippen LogP contribution < -0.4 is 11.1 Å². The second-order valence-electron chi connectivity index (χ2n) is 4.60. The molecule has 7 heteroatoms. The average molecular weight is 270 g/mol. The van der Waals surface area contributed by atoms with Crippen LogP contribution in [0.5, 0.6) is 0 Å². The summed E-state index contributed by atoms with van der Waals surface area (Å²) < 4.78 is 0. The Kier molecular flexibility index (Phi) is 2.86. The average Bonchev–Trinajstić information content (AvgIpc) is 2.93. The Labute approximate surface area is 114 Å². The number of nitrogens with one attached hydrogen (secondary N) is 2. The largest absolute Gasteiger partial charge is 0.381 e. The molecule has 2 aromatic heterocycles. The first-order valence-electron chi connectivity index (χ1n) is 6.15. The number of nitrogens with zero attached hydrogens (tertiary/aromatic N) is 3. The molecule has 0 atom stereocenters. The highest BCUT2D eigenvalue weighted by molar-refractivity contribution is 5.93. The summed E-state index contributed by atoms with van der Waals surface area (Å²) in [6, 6.07) is 7.73. The minimum absolute atomic E-state index is 0.0292. The number of H-pyrrole nitrogens is 1. The number of anilines is 2. The van der Waals surface area contributed by atoms with Crippen LogP contribution in [0.25, 0.3) is 10.9 Å². The van der Waals surface area contributed by atoms with Gasteiger partial charge in [-0.25, -0.2) is 0 Å². The van der Waals surface area contributed by atoms with E-state index >= 15 is 0 Å². The molecule has 0 spiro atoms. The number of hydrogen-bond acceptors (Lipinski definition) is 4. The monoisotopic (exact) mass is 270 g/mol. The van der Waals surface area contributed by atoms with E-state index in [4.69, 9.17) is 5.73 Å². The van der Waals surface area contributed by atoms with Gasteiger partial charge in [-0.1, -0.05) is 0 Å². The van der Waals surface area contributed by atoms with Gasteiger partial charge < -0.3 is 16.0 Å². The Morgan fingerprint density at radius 3 is 3.05 bits per heavy atom. The molecule has 4 N–H and O–H groups in total. The van der Waals surface area contributed by atoms with Crippen LogP contribution in [0.3, 0.4) is 0 Å². The SMILES string of the molecule is Cc1cc2cc(NC(=O)Cn3ncc(N)n3)ccc2[nH]1. The zero-order valence-electron chi connectivity index (χ0n) is 10.9. The third kappa shape index (κ3) is 2.46. The van der Waals surface area contributed by atoms with Gasteiger partial charge in [-0.2, -0.15) is 9.90 Å². The van der Waals surface area contributed by atoms with Gasteiger partial charge in [0, 0.05) is 22.3 Å². The molecule has 1 amide bonds. The number of fused-ring (bicyclic) bond motifs is 1. The molecule has 3 rings (SSSR count). The minimum Gasteiger partial charge on any atom is -0.381 e. The Morgan fingerprint density at radius 1 is 1.45 bits per heavy atom. The molecular formula is C13H14N6O. The third-order valence-corrected chi connectivity index (χ3v) is 2.88. The number of aromatic amines is 1. The van der Waals surface area contributed by atoms with Crippen LogP contribution in [0.1, 0.15) is 5.69 Å². The lowest BCUT2D eigenvalue weighted by Crippen LogP contribution is -2.20. The molecule has 0 aliphatic carbocycles. The number of hydrogen-bond donors (Lipinski definition) is 3. The van der Waals surface area contributed by atoms with E-state index in [0.717, 1.165) is 22.3 Å². The zero-order chi connectivity index (χ0) is 14.1. The molecule has 0 aliphatic rings. The number of carbonyl (C=O) groups is 1. The Bertz CT molecular complexity index is 772. The Morgan fingerprint density at radius 2 is 2.30 bits per heavy atom. The summed E-state index contributed by atoms with van der Waals surface area (Å²) in [5.74, 6) is 0.0919. The van der Waals surface area contributed by atoms with E-state index in [-0.39, 0.29) is 12.5 Å². The lowest BCUT2D eigenvalue weighted by atomic mass is 10.2. The fourth-order valence-corrected chi connectivity index (χ4v) is 2.07. The van der Waals surface area contributed by atoms with Crippen molar-refractivity contribution in [1.29, 1.82) is 0 Å². The molecule has 0 aliphatic heterocycles. The van der Waals surface area contributed by atoms with Gasteiger partial charge >= 0.3 is 0 Å². The first-order chi connectivity index (χ1) is 9.60. The number of nitrogens with two attached hydrogens (primary N) is 1.